The number of hydrogen-bond donors (Lipinski definition) is 0. The van der Waals surface area contributed by atoms with Gasteiger partial charge >= 0.3 is 6.09 Å². The van der Waals surface area contributed by atoms with E-state index in [1.807, 2.05) is 34.6 Å². The largest absolute Gasteiger partial charge is 0.444 e. The normalized spacial score (nSPS) is 28.5. The molecule has 1 saturated heterocycles. The Bertz CT molecular complexity index is 425. The SMILES string of the molecule is CC(C)(C)OC(=O)N1C(C[C@H]2CC=CCOC2)COC1(C)C. The lowest BCUT2D eigenvalue weighted by molar-refractivity contribution is -0.0633. The van der Waals surface area contributed by atoms with Crippen molar-refractivity contribution in [3.8, 4) is 0 Å². The van der Waals surface area contributed by atoms with Crippen LogP contribution in [0, 0.1) is 5.92 Å². The van der Waals surface area contributed by atoms with Crippen LogP contribution in [-0.2, 0) is 14.2 Å². The summed E-state index contributed by atoms with van der Waals surface area (Å²) in [5.74, 6) is 0.409. The summed E-state index contributed by atoms with van der Waals surface area (Å²) < 4.78 is 17.0. The molecule has 0 aliphatic carbocycles. The molecule has 0 radical (unpaired) electrons. The summed E-state index contributed by atoms with van der Waals surface area (Å²) in [6, 6.07) is 0.0324. The second-order valence-corrected chi connectivity index (χ2v) is 7.61. The Labute approximate surface area is 133 Å². The van der Waals surface area contributed by atoms with Gasteiger partial charge in [0.2, 0.25) is 0 Å². The van der Waals surface area contributed by atoms with Crippen LogP contribution in [0.4, 0.5) is 4.79 Å². The molecule has 0 bridgehead atoms. The van der Waals surface area contributed by atoms with Crippen LogP contribution in [0.25, 0.3) is 0 Å². The lowest BCUT2D eigenvalue weighted by Gasteiger charge is -2.36. The van der Waals surface area contributed by atoms with E-state index in [0.717, 1.165) is 19.4 Å². The van der Waals surface area contributed by atoms with E-state index in [0.29, 0.717) is 19.1 Å². The number of carbonyl (C=O) groups is 1. The van der Waals surface area contributed by atoms with Gasteiger partial charge in [-0.05, 0) is 53.4 Å². The molecule has 1 amide bonds. The fourth-order valence-electron chi connectivity index (χ4n) is 3.01. The van der Waals surface area contributed by atoms with E-state index in [1.54, 1.807) is 4.90 Å². The van der Waals surface area contributed by atoms with Gasteiger partial charge in [0, 0.05) is 0 Å². The third kappa shape index (κ3) is 4.46. The van der Waals surface area contributed by atoms with Crippen LogP contribution in [0.2, 0.25) is 0 Å². The van der Waals surface area contributed by atoms with Crippen molar-refractivity contribution in [2.75, 3.05) is 19.8 Å². The Morgan fingerprint density at radius 1 is 1.32 bits per heavy atom. The van der Waals surface area contributed by atoms with Gasteiger partial charge in [-0.2, -0.15) is 0 Å². The molecule has 0 aromatic heterocycles. The van der Waals surface area contributed by atoms with Crippen molar-refractivity contribution in [3.05, 3.63) is 12.2 Å². The standard InChI is InChI=1S/C17H29NO4/c1-16(2,3)22-15(19)18-14(12-21-17(18,4)5)10-13-8-6-7-9-20-11-13/h6-7,13-14H,8-12H2,1-5H3/t13-,14?/m1/s1. The maximum atomic E-state index is 12.6. The monoisotopic (exact) mass is 311 g/mol. The van der Waals surface area contributed by atoms with Crippen molar-refractivity contribution in [1.82, 2.24) is 4.90 Å². The number of hydrogen-bond acceptors (Lipinski definition) is 4. The van der Waals surface area contributed by atoms with Crippen LogP contribution in [0.1, 0.15) is 47.5 Å². The molecule has 1 unspecified atom stereocenters. The minimum Gasteiger partial charge on any atom is -0.444 e. The van der Waals surface area contributed by atoms with Gasteiger partial charge < -0.3 is 14.2 Å². The Balaban J connectivity index is 2.05. The molecule has 2 aliphatic heterocycles. The molecule has 22 heavy (non-hydrogen) atoms. The van der Waals surface area contributed by atoms with Crippen molar-refractivity contribution >= 4 is 6.09 Å². The molecule has 2 atom stereocenters. The molecule has 5 nitrogen and oxygen atoms in total. The molecule has 2 heterocycles. The maximum absolute atomic E-state index is 12.6. The average molecular weight is 311 g/mol. The number of carbonyl (C=O) groups excluding carboxylic acids is 1. The Morgan fingerprint density at radius 3 is 2.73 bits per heavy atom. The highest BCUT2D eigenvalue weighted by Gasteiger charge is 2.46. The highest BCUT2D eigenvalue weighted by molar-refractivity contribution is 5.69. The summed E-state index contributed by atoms with van der Waals surface area (Å²) in [7, 11) is 0. The van der Waals surface area contributed by atoms with Crippen molar-refractivity contribution in [2.45, 2.75) is 64.8 Å². The van der Waals surface area contributed by atoms with Gasteiger partial charge in [-0.3, -0.25) is 4.90 Å². The number of allylic oxidation sites excluding steroid dienone is 1. The Hall–Kier alpha value is -1.07. The van der Waals surface area contributed by atoms with E-state index in [4.69, 9.17) is 14.2 Å². The van der Waals surface area contributed by atoms with Gasteiger partial charge in [-0.15, -0.1) is 0 Å². The summed E-state index contributed by atoms with van der Waals surface area (Å²) in [4.78, 5) is 14.3. The lowest BCUT2D eigenvalue weighted by atomic mass is 9.97. The molecule has 1 fully saturated rings. The number of rotatable bonds is 2. The third-order valence-electron chi connectivity index (χ3n) is 3.97. The number of ether oxygens (including phenoxy) is 3. The van der Waals surface area contributed by atoms with Gasteiger partial charge in [-0.25, -0.2) is 4.79 Å². The highest BCUT2D eigenvalue weighted by atomic mass is 16.6. The van der Waals surface area contributed by atoms with Gasteiger partial charge in [0.25, 0.3) is 0 Å². The first-order chi connectivity index (χ1) is 10.2. The predicted molar refractivity (Wildman–Crippen MR) is 84.6 cm³/mol. The van der Waals surface area contributed by atoms with E-state index in [2.05, 4.69) is 12.2 Å². The Kier molecular flexibility index (Phi) is 5.17. The number of amides is 1. The molecule has 2 rings (SSSR count). The van der Waals surface area contributed by atoms with Gasteiger partial charge in [0.1, 0.15) is 11.3 Å². The van der Waals surface area contributed by atoms with Crippen LogP contribution in [-0.4, -0.2) is 48.2 Å². The van der Waals surface area contributed by atoms with Gasteiger partial charge in [-0.1, -0.05) is 12.2 Å². The Morgan fingerprint density at radius 2 is 2.05 bits per heavy atom. The second kappa shape index (κ2) is 6.59. The first kappa shape index (κ1) is 17.3. The summed E-state index contributed by atoms with van der Waals surface area (Å²) in [5.41, 5.74) is -1.14. The van der Waals surface area contributed by atoms with Crippen LogP contribution >= 0.6 is 0 Å². The maximum Gasteiger partial charge on any atom is 0.412 e. The lowest BCUT2D eigenvalue weighted by Crippen LogP contribution is -2.50. The van der Waals surface area contributed by atoms with E-state index in [1.165, 1.54) is 0 Å². The van der Waals surface area contributed by atoms with Crippen LogP contribution in [0.3, 0.4) is 0 Å². The van der Waals surface area contributed by atoms with Crippen LogP contribution < -0.4 is 0 Å². The first-order valence-electron chi connectivity index (χ1n) is 8.08. The fraction of sp³-hybridized carbons (Fsp3) is 0.824. The first-order valence-corrected chi connectivity index (χ1v) is 8.08. The molecule has 0 aromatic rings. The zero-order valence-electron chi connectivity index (χ0n) is 14.4. The summed E-state index contributed by atoms with van der Waals surface area (Å²) in [6.07, 6.45) is 5.77. The van der Waals surface area contributed by atoms with E-state index in [-0.39, 0.29) is 12.1 Å². The molecule has 5 heteroatoms. The molecule has 0 N–H and O–H groups in total. The van der Waals surface area contributed by atoms with E-state index < -0.39 is 11.3 Å². The van der Waals surface area contributed by atoms with Crippen molar-refractivity contribution in [3.63, 3.8) is 0 Å². The highest BCUT2D eigenvalue weighted by Crippen LogP contribution is 2.33. The van der Waals surface area contributed by atoms with Crippen molar-refractivity contribution in [1.29, 1.82) is 0 Å². The molecule has 126 valence electrons. The van der Waals surface area contributed by atoms with Gasteiger partial charge in [0.05, 0.1) is 25.9 Å². The minimum atomic E-state index is -0.631. The molecule has 0 aromatic carbocycles. The topological polar surface area (TPSA) is 48.0 Å². The minimum absolute atomic E-state index is 0.0324. The van der Waals surface area contributed by atoms with Crippen LogP contribution in [0.15, 0.2) is 12.2 Å². The van der Waals surface area contributed by atoms with Crippen LogP contribution in [0.5, 0.6) is 0 Å². The second-order valence-electron chi connectivity index (χ2n) is 7.61. The fourth-order valence-corrected chi connectivity index (χ4v) is 3.01. The quantitative estimate of drug-likeness (QED) is 0.734. The zero-order chi connectivity index (χ0) is 16.4. The third-order valence-corrected chi connectivity index (χ3v) is 3.97. The van der Waals surface area contributed by atoms with Gasteiger partial charge in [0.15, 0.2) is 0 Å². The summed E-state index contributed by atoms with van der Waals surface area (Å²) in [6.45, 7) is 11.4. The molecule has 2 aliphatic rings. The van der Waals surface area contributed by atoms with E-state index in [9.17, 15) is 4.79 Å². The summed E-state index contributed by atoms with van der Waals surface area (Å²) in [5, 5.41) is 0. The predicted octanol–water partition coefficient (Wildman–Crippen LogP) is 3.34. The molecule has 0 saturated carbocycles. The molecule has 0 spiro atoms. The average Bonchev–Trinajstić information content (AvgIpc) is 2.55. The zero-order valence-corrected chi connectivity index (χ0v) is 14.4. The summed E-state index contributed by atoms with van der Waals surface area (Å²) >= 11 is 0. The smallest absolute Gasteiger partial charge is 0.412 e. The van der Waals surface area contributed by atoms with Crippen molar-refractivity contribution in [2.24, 2.45) is 5.92 Å². The van der Waals surface area contributed by atoms with E-state index >= 15 is 0 Å². The number of nitrogens with zero attached hydrogens (tertiary/aromatic N) is 1. The van der Waals surface area contributed by atoms with Crippen molar-refractivity contribution < 1.29 is 19.0 Å². The molecular formula is C17H29NO4. The molecular weight excluding hydrogens is 282 g/mol.